The average molecular weight is 377 g/mol. The van der Waals surface area contributed by atoms with Gasteiger partial charge in [-0.1, -0.05) is 42.0 Å². The van der Waals surface area contributed by atoms with Gasteiger partial charge in [0.1, 0.15) is 5.82 Å². The van der Waals surface area contributed by atoms with Gasteiger partial charge in [0.25, 0.3) is 0 Å². The first-order valence-electron chi connectivity index (χ1n) is 10.1. The van der Waals surface area contributed by atoms with Crippen molar-refractivity contribution in [3.8, 4) is 0 Å². The maximum absolute atomic E-state index is 12.7. The highest BCUT2D eigenvalue weighted by molar-refractivity contribution is 5.79. The topological polar surface area (TPSA) is 50.2 Å². The van der Waals surface area contributed by atoms with Crippen LogP contribution >= 0.6 is 0 Å². The van der Waals surface area contributed by atoms with Crippen molar-refractivity contribution >= 4 is 16.9 Å². The monoisotopic (exact) mass is 376 g/mol. The smallest absolute Gasteiger partial charge is 0.224 e. The van der Waals surface area contributed by atoms with Gasteiger partial charge in [-0.3, -0.25) is 9.69 Å². The van der Waals surface area contributed by atoms with Crippen molar-refractivity contribution in [3.63, 3.8) is 0 Å². The number of rotatable bonds is 5. The highest BCUT2D eigenvalue weighted by Gasteiger charge is 2.26. The standard InChI is InChI=1S/C23H28N4O/c1-17-7-5-8-18(13-17)14-24-23(28)19-9-6-12-27(15-19)16-22-25-20-10-3-4-11-21(20)26(22)2/h3-5,7-8,10-11,13,19H,6,9,12,14-16H2,1-2H3,(H,24,28)/t19-/m0/s1. The zero-order valence-electron chi connectivity index (χ0n) is 16.7. The average Bonchev–Trinajstić information content (AvgIpc) is 3.02. The second kappa shape index (κ2) is 8.15. The van der Waals surface area contributed by atoms with Crippen LogP contribution in [0.4, 0.5) is 0 Å². The Bertz CT molecular complexity index is 978. The number of piperidine rings is 1. The van der Waals surface area contributed by atoms with Crippen molar-refractivity contribution in [2.75, 3.05) is 13.1 Å². The van der Waals surface area contributed by atoms with Crippen LogP contribution in [0.2, 0.25) is 0 Å². The van der Waals surface area contributed by atoms with Crippen molar-refractivity contribution in [1.82, 2.24) is 19.8 Å². The zero-order chi connectivity index (χ0) is 19.5. The summed E-state index contributed by atoms with van der Waals surface area (Å²) < 4.78 is 2.16. The first-order valence-corrected chi connectivity index (χ1v) is 10.1. The van der Waals surface area contributed by atoms with E-state index in [2.05, 4.69) is 59.1 Å². The molecule has 0 spiro atoms. The van der Waals surface area contributed by atoms with Crippen LogP contribution in [-0.4, -0.2) is 33.4 Å². The van der Waals surface area contributed by atoms with Crippen LogP contribution in [0.5, 0.6) is 0 Å². The molecular formula is C23H28N4O. The number of likely N-dealkylation sites (tertiary alicyclic amines) is 1. The third-order valence-corrected chi connectivity index (χ3v) is 5.67. The van der Waals surface area contributed by atoms with Gasteiger partial charge in [-0.05, 0) is 44.0 Å². The van der Waals surface area contributed by atoms with Gasteiger partial charge in [-0.15, -0.1) is 0 Å². The van der Waals surface area contributed by atoms with E-state index in [-0.39, 0.29) is 11.8 Å². The molecule has 146 valence electrons. The van der Waals surface area contributed by atoms with Crippen LogP contribution in [-0.2, 0) is 24.9 Å². The Kier molecular flexibility index (Phi) is 5.44. The first-order chi connectivity index (χ1) is 13.6. The van der Waals surface area contributed by atoms with E-state index in [0.29, 0.717) is 6.54 Å². The number of amides is 1. The van der Waals surface area contributed by atoms with Gasteiger partial charge < -0.3 is 9.88 Å². The van der Waals surface area contributed by atoms with E-state index in [1.807, 2.05) is 18.2 Å². The predicted molar refractivity (Wildman–Crippen MR) is 112 cm³/mol. The molecule has 1 aromatic heterocycles. The second-order valence-electron chi connectivity index (χ2n) is 7.86. The third-order valence-electron chi connectivity index (χ3n) is 5.67. The van der Waals surface area contributed by atoms with Gasteiger partial charge >= 0.3 is 0 Å². The number of benzene rings is 2. The van der Waals surface area contributed by atoms with Gasteiger partial charge in [0.2, 0.25) is 5.91 Å². The number of imidazole rings is 1. The molecule has 2 heterocycles. The lowest BCUT2D eigenvalue weighted by molar-refractivity contribution is -0.127. The lowest BCUT2D eigenvalue weighted by atomic mass is 9.97. The van der Waals surface area contributed by atoms with E-state index in [4.69, 9.17) is 4.98 Å². The number of fused-ring (bicyclic) bond motifs is 1. The number of hydrogen-bond acceptors (Lipinski definition) is 3. The summed E-state index contributed by atoms with van der Waals surface area (Å²) in [5, 5.41) is 3.13. The SMILES string of the molecule is Cc1cccc(CNC(=O)[C@H]2CCCN(Cc3nc4ccccc4n3C)C2)c1. The van der Waals surface area contributed by atoms with E-state index in [1.165, 1.54) is 5.56 Å². The molecule has 2 aromatic carbocycles. The quantitative estimate of drug-likeness (QED) is 0.742. The summed E-state index contributed by atoms with van der Waals surface area (Å²) in [6.07, 6.45) is 2.01. The predicted octanol–water partition coefficient (Wildman–Crippen LogP) is 3.41. The Morgan fingerprint density at radius 2 is 2.07 bits per heavy atom. The van der Waals surface area contributed by atoms with Crippen LogP contribution in [0.1, 0.15) is 29.8 Å². The molecule has 4 rings (SSSR count). The van der Waals surface area contributed by atoms with Gasteiger partial charge in [0.15, 0.2) is 0 Å². The highest BCUT2D eigenvalue weighted by Crippen LogP contribution is 2.21. The summed E-state index contributed by atoms with van der Waals surface area (Å²) in [7, 11) is 2.07. The molecule has 0 radical (unpaired) electrons. The Hall–Kier alpha value is -2.66. The summed E-state index contributed by atoms with van der Waals surface area (Å²) in [6, 6.07) is 16.5. The number of carbonyl (C=O) groups excluding carboxylic acids is 1. The third kappa shape index (κ3) is 4.09. The summed E-state index contributed by atoms with van der Waals surface area (Å²) in [6.45, 7) is 5.27. The minimum Gasteiger partial charge on any atom is -0.352 e. The number of para-hydroxylation sites is 2. The van der Waals surface area contributed by atoms with Crippen molar-refractivity contribution in [3.05, 3.63) is 65.5 Å². The van der Waals surface area contributed by atoms with Gasteiger partial charge in [-0.25, -0.2) is 4.98 Å². The normalized spacial score (nSPS) is 17.7. The number of nitrogens with zero attached hydrogens (tertiary/aromatic N) is 3. The van der Waals surface area contributed by atoms with Crippen LogP contribution < -0.4 is 5.32 Å². The lowest BCUT2D eigenvalue weighted by Crippen LogP contribution is -2.42. The molecule has 5 nitrogen and oxygen atoms in total. The molecule has 1 saturated heterocycles. The molecule has 0 saturated carbocycles. The summed E-state index contributed by atoms with van der Waals surface area (Å²) in [5.41, 5.74) is 4.56. The molecule has 1 fully saturated rings. The molecule has 28 heavy (non-hydrogen) atoms. The summed E-state index contributed by atoms with van der Waals surface area (Å²) in [4.78, 5) is 19.8. The van der Waals surface area contributed by atoms with Gasteiger partial charge in [0.05, 0.1) is 23.5 Å². The molecule has 1 aliphatic heterocycles. The van der Waals surface area contributed by atoms with Crippen molar-refractivity contribution < 1.29 is 4.79 Å². The van der Waals surface area contributed by atoms with Crippen molar-refractivity contribution in [1.29, 1.82) is 0 Å². The summed E-state index contributed by atoms with van der Waals surface area (Å²) >= 11 is 0. The Morgan fingerprint density at radius 3 is 2.89 bits per heavy atom. The van der Waals surface area contributed by atoms with Crippen LogP contribution in [0, 0.1) is 12.8 Å². The van der Waals surface area contributed by atoms with E-state index < -0.39 is 0 Å². The summed E-state index contributed by atoms with van der Waals surface area (Å²) in [5.74, 6) is 1.27. The van der Waals surface area contributed by atoms with Crippen molar-refractivity contribution in [2.24, 2.45) is 13.0 Å². The molecule has 1 N–H and O–H groups in total. The van der Waals surface area contributed by atoms with E-state index in [0.717, 1.165) is 54.9 Å². The minimum atomic E-state index is 0.0493. The molecule has 5 heteroatoms. The zero-order valence-corrected chi connectivity index (χ0v) is 16.7. The fourth-order valence-electron chi connectivity index (χ4n) is 4.11. The van der Waals surface area contributed by atoms with Crippen LogP contribution in [0.15, 0.2) is 48.5 Å². The number of hydrogen-bond donors (Lipinski definition) is 1. The van der Waals surface area contributed by atoms with Crippen LogP contribution in [0.25, 0.3) is 11.0 Å². The van der Waals surface area contributed by atoms with E-state index >= 15 is 0 Å². The van der Waals surface area contributed by atoms with E-state index in [9.17, 15) is 4.79 Å². The number of carbonyl (C=O) groups is 1. The molecule has 1 aliphatic rings. The first kappa shape index (κ1) is 18.7. The number of aromatic nitrogens is 2. The van der Waals surface area contributed by atoms with Gasteiger partial charge in [-0.2, -0.15) is 0 Å². The molecule has 1 atom stereocenters. The van der Waals surface area contributed by atoms with Crippen molar-refractivity contribution in [2.45, 2.75) is 32.9 Å². The lowest BCUT2D eigenvalue weighted by Gasteiger charge is -2.31. The molecule has 0 aliphatic carbocycles. The highest BCUT2D eigenvalue weighted by atomic mass is 16.1. The van der Waals surface area contributed by atoms with Gasteiger partial charge in [0, 0.05) is 20.1 Å². The number of aryl methyl sites for hydroxylation is 2. The second-order valence-corrected chi connectivity index (χ2v) is 7.86. The molecule has 1 amide bonds. The maximum Gasteiger partial charge on any atom is 0.224 e. The Labute approximate surface area is 166 Å². The molecule has 0 bridgehead atoms. The Morgan fingerprint density at radius 1 is 1.21 bits per heavy atom. The van der Waals surface area contributed by atoms with E-state index in [1.54, 1.807) is 0 Å². The number of nitrogens with one attached hydrogen (secondary N) is 1. The fourth-order valence-corrected chi connectivity index (χ4v) is 4.11. The molecule has 3 aromatic rings. The Balaban J connectivity index is 1.37. The largest absolute Gasteiger partial charge is 0.352 e. The molecular weight excluding hydrogens is 348 g/mol. The minimum absolute atomic E-state index is 0.0493. The van der Waals surface area contributed by atoms with Crippen LogP contribution in [0.3, 0.4) is 0 Å². The molecule has 0 unspecified atom stereocenters. The maximum atomic E-state index is 12.7. The fraction of sp³-hybridized carbons (Fsp3) is 0.391.